The van der Waals surface area contributed by atoms with Crippen LogP contribution >= 0.6 is 0 Å². The Bertz CT molecular complexity index is 886. The van der Waals surface area contributed by atoms with Crippen LogP contribution in [0, 0.1) is 12.7 Å². The SMILES string of the molecule is C=CN(N=C)c1ccc(C)cc1C(=O)N(CCCOc1ccc(F)cc1)C1CCC1. The third-order valence-corrected chi connectivity index (χ3v) is 5.36. The summed E-state index contributed by atoms with van der Waals surface area (Å²) in [7, 11) is 0. The van der Waals surface area contributed by atoms with Gasteiger partial charge >= 0.3 is 0 Å². The molecular formula is C24H28FN3O2. The lowest BCUT2D eigenvalue weighted by molar-refractivity contribution is 0.0566. The summed E-state index contributed by atoms with van der Waals surface area (Å²) >= 11 is 0. The Balaban J connectivity index is 1.71. The van der Waals surface area contributed by atoms with Gasteiger partial charge in [0.1, 0.15) is 11.6 Å². The van der Waals surface area contributed by atoms with Crippen molar-refractivity contribution in [2.24, 2.45) is 5.10 Å². The summed E-state index contributed by atoms with van der Waals surface area (Å²) in [5.41, 5.74) is 2.26. The number of hydrazone groups is 1. The molecule has 30 heavy (non-hydrogen) atoms. The van der Waals surface area contributed by atoms with Gasteiger partial charge in [-0.15, -0.1) is 0 Å². The van der Waals surface area contributed by atoms with Crippen molar-refractivity contribution in [3.05, 3.63) is 72.2 Å². The van der Waals surface area contributed by atoms with Gasteiger partial charge in [0.05, 0.1) is 17.9 Å². The predicted molar refractivity (Wildman–Crippen MR) is 119 cm³/mol. The number of carbonyl (C=O) groups is 1. The maximum Gasteiger partial charge on any atom is 0.256 e. The Morgan fingerprint density at radius 1 is 1.27 bits per heavy atom. The molecule has 1 aliphatic carbocycles. The molecule has 1 amide bonds. The van der Waals surface area contributed by atoms with Crippen molar-refractivity contribution < 1.29 is 13.9 Å². The minimum absolute atomic E-state index is 0.0179. The van der Waals surface area contributed by atoms with Gasteiger partial charge in [-0.25, -0.2) is 9.40 Å². The quantitative estimate of drug-likeness (QED) is 0.309. The third-order valence-electron chi connectivity index (χ3n) is 5.36. The fraction of sp³-hybridized carbons (Fsp3) is 0.333. The molecule has 2 aromatic rings. The second kappa shape index (κ2) is 10.1. The summed E-state index contributed by atoms with van der Waals surface area (Å²) in [6.07, 6.45) is 5.38. The van der Waals surface area contributed by atoms with Crippen molar-refractivity contribution in [2.45, 2.75) is 38.6 Å². The molecule has 2 aromatic carbocycles. The largest absolute Gasteiger partial charge is 0.494 e. The highest BCUT2D eigenvalue weighted by atomic mass is 19.1. The minimum Gasteiger partial charge on any atom is -0.494 e. The first-order valence-corrected chi connectivity index (χ1v) is 10.2. The van der Waals surface area contributed by atoms with Gasteiger partial charge in [0.25, 0.3) is 5.91 Å². The first-order chi connectivity index (χ1) is 14.5. The van der Waals surface area contributed by atoms with Crippen molar-refractivity contribution in [1.29, 1.82) is 0 Å². The predicted octanol–water partition coefficient (Wildman–Crippen LogP) is 5.16. The number of ether oxygens (including phenoxy) is 1. The Labute approximate surface area is 177 Å². The van der Waals surface area contributed by atoms with Crippen LogP contribution in [0.5, 0.6) is 5.75 Å². The molecule has 0 unspecified atom stereocenters. The van der Waals surface area contributed by atoms with Crippen LogP contribution in [-0.2, 0) is 0 Å². The van der Waals surface area contributed by atoms with E-state index in [1.54, 1.807) is 18.3 Å². The summed E-state index contributed by atoms with van der Waals surface area (Å²) in [5, 5.41) is 5.47. The van der Waals surface area contributed by atoms with Crippen LogP contribution in [0.25, 0.3) is 0 Å². The number of amides is 1. The standard InChI is InChI=1S/C24H28FN3O2/c1-4-28(26-3)23-14-9-18(2)17-22(23)24(29)27(20-7-5-8-20)15-6-16-30-21-12-10-19(25)11-13-21/h4,9-14,17,20H,1,3,5-8,15-16H2,2H3. The maximum absolute atomic E-state index is 13.5. The van der Waals surface area contributed by atoms with Crippen molar-refractivity contribution in [3.63, 3.8) is 0 Å². The number of benzene rings is 2. The summed E-state index contributed by atoms with van der Waals surface area (Å²) in [5.74, 6) is 0.314. The van der Waals surface area contributed by atoms with E-state index in [2.05, 4.69) is 18.4 Å². The lowest BCUT2D eigenvalue weighted by atomic mass is 9.90. The van der Waals surface area contributed by atoms with Crippen molar-refractivity contribution >= 4 is 18.3 Å². The second-order valence-electron chi connectivity index (χ2n) is 7.43. The number of aryl methyl sites for hydroxylation is 1. The van der Waals surface area contributed by atoms with Gasteiger partial charge in [-0.3, -0.25) is 4.79 Å². The normalized spacial score (nSPS) is 13.3. The average molecular weight is 410 g/mol. The highest BCUT2D eigenvalue weighted by Crippen LogP contribution is 2.30. The number of anilines is 1. The Hall–Kier alpha value is -3.15. The number of hydrogen-bond acceptors (Lipinski definition) is 4. The van der Waals surface area contributed by atoms with E-state index in [0.29, 0.717) is 36.6 Å². The minimum atomic E-state index is -0.291. The Morgan fingerprint density at radius 3 is 2.60 bits per heavy atom. The lowest BCUT2D eigenvalue weighted by Gasteiger charge is -2.38. The summed E-state index contributed by atoms with van der Waals surface area (Å²) in [6.45, 7) is 10.3. The molecule has 6 heteroatoms. The van der Waals surface area contributed by atoms with Gasteiger partial charge in [0.15, 0.2) is 0 Å². The molecule has 3 rings (SSSR count). The maximum atomic E-state index is 13.5. The molecule has 5 nitrogen and oxygen atoms in total. The van der Waals surface area contributed by atoms with Gasteiger partial charge in [-0.05, 0) is 69.0 Å². The zero-order valence-corrected chi connectivity index (χ0v) is 17.4. The molecule has 0 aromatic heterocycles. The number of nitrogens with zero attached hydrogens (tertiary/aromatic N) is 3. The molecule has 0 spiro atoms. The topological polar surface area (TPSA) is 45.1 Å². The van der Waals surface area contributed by atoms with E-state index >= 15 is 0 Å². The van der Waals surface area contributed by atoms with E-state index in [-0.39, 0.29) is 17.8 Å². The van der Waals surface area contributed by atoms with Gasteiger partial charge in [0.2, 0.25) is 0 Å². The van der Waals surface area contributed by atoms with Crippen LogP contribution in [0.2, 0.25) is 0 Å². The fourth-order valence-corrected chi connectivity index (χ4v) is 3.51. The van der Waals surface area contributed by atoms with Crippen molar-refractivity contribution in [3.8, 4) is 5.75 Å². The molecule has 0 aliphatic heterocycles. The average Bonchev–Trinajstić information content (AvgIpc) is 2.71. The van der Waals surface area contributed by atoms with Gasteiger partial charge in [-0.2, -0.15) is 5.10 Å². The fourth-order valence-electron chi connectivity index (χ4n) is 3.51. The zero-order valence-electron chi connectivity index (χ0n) is 17.4. The lowest BCUT2D eigenvalue weighted by Crippen LogP contribution is -2.45. The Morgan fingerprint density at radius 2 is 2.00 bits per heavy atom. The van der Waals surface area contributed by atoms with E-state index in [9.17, 15) is 9.18 Å². The van der Waals surface area contributed by atoms with E-state index in [4.69, 9.17) is 4.74 Å². The Kier molecular flexibility index (Phi) is 7.22. The molecule has 0 radical (unpaired) electrons. The van der Waals surface area contributed by atoms with Crippen molar-refractivity contribution in [2.75, 3.05) is 18.2 Å². The molecule has 1 aliphatic rings. The number of carbonyl (C=O) groups excluding carboxylic acids is 1. The van der Waals surface area contributed by atoms with E-state index in [1.165, 1.54) is 17.1 Å². The molecule has 0 bridgehead atoms. The van der Waals surface area contributed by atoms with Crippen LogP contribution in [0.4, 0.5) is 10.1 Å². The van der Waals surface area contributed by atoms with E-state index in [0.717, 1.165) is 24.8 Å². The van der Waals surface area contributed by atoms with Crippen LogP contribution in [-0.4, -0.2) is 36.7 Å². The summed E-state index contributed by atoms with van der Waals surface area (Å²) < 4.78 is 18.7. The zero-order chi connectivity index (χ0) is 21.5. The highest BCUT2D eigenvalue weighted by molar-refractivity contribution is 6.00. The van der Waals surface area contributed by atoms with Crippen LogP contribution in [0.3, 0.4) is 0 Å². The van der Waals surface area contributed by atoms with Crippen LogP contribution in [0.1, 0.15) is 41.6 Å². The van der Waals surface area contributed by atoms with E-state index < -0.39 is 0 Å². The monoisotopic (exact) mass is 409 g/mol. The first-order valence-electron chi connectivity index (χ1n) is 10.2. The molecule has 1 fully saturated rings. The molecule has 0 N–H and O–H groups in total. The number of halogens is 1. The van der Waals surface area contributed by atoms with Crippen LogP contribution in [0.15, 0.2) is 60.3 Å². The number of hydrogen-bond donors (Lipinski definition) is 0. The second-order valence-corrected chi connectivity index (χ2v) is 7.43. The molecule has 0 heterocycles. The smallest absolute Gasteiger partial charge is 0.256 e. The molecule has 158 valence electrons. The van der Waals surface area contributed by atoms with Crippen LogP contribution < -0.4 is 9.75 Å². The molecule has 1 saturated carbocycles. The number of rotatable bonds is 10. The summed E-state index contributed by atoms with van der Waals surface area (Å²) in [4.78, 5) is 15.5. The van der Waals surface area contributed by atoms with E-state index in [1.807, 2.05) is 30.0 Å². The first kappa shape index (κ1) is 21.6. The van der Waals surface area contributed by atoms with Crippen molar-refractivity contribution in [1.82, 2.24) is 4.90 Å². The van der Waals surface area contributed by atoms with Gasteiger partial charge in [-0.1, -0.05) is 18.2 Å². The third kappa shape index (κ3) is 5.06. The van der Waals surface area contributed by atoms with Gasteiger partial charge in [0, 0.05) is 25.5 Å². The molecular weight excluding hydrogens is 381 g/mol. The molecule has 0 saturated heterocycles. The molecule has 0 atom stereocenters. The van der Waals surface area contributed by atoms with Gasteiger partial charge < -0.3 is 9.64 Å². The summed E-state index contributed by atoms with van der Waals surface area (Å²) in [6, 6.07) is 11.9. The highest BCUT2D eigenvalue weighted by Gasteiger charge is 2.30.